The van der Waals surface area contributed by atoms with Crippen molar-refractivity contribution in [3.8, 4) is 17.3 Å². The minimum Gasteiger partial charge on any atom is -0.444 e. The third-order valence-corrected chi connectivity index (χ3v) is 2.97. The number of anilines is 1. The van der Waals surface area contributed by atoms with Gasteiger partial charge >= 0.3 is 6.09 Å². The summed E-state index contributed by atoms with van der Waals surface area (Å²) >= 11 is 0. The van der Waals surface area contributed by atoms with Crippen LogP contribution in [-0.2, 0) is 11.3 Å². The second kappa shape index (κ2) is 6.40. The molecule has 0 aliphatic rings. The maximum Gasteiger partial charge on any atom is 0.407 e. The average molecular weight is 313 g/mol. The van der Waals surface area contributed by atoms with Gasteiger partial charge in [0.1, 0.15) is 28.7 Å². The minimum absolute atomic E-state index is 0.248. The molecule has 2 rings (SSSR count). The van der Waals surface area contributed by atoms with Crippen LogP contribution in [0.3, 0.4) is 0 Å². The number of nitriles is 1. The Morgan fingerprint density at radius 1 is 1.39 bits per heavy atom. The highest BCUT2D eigenvalue weighted by Crippen LogP contribution is 2.24. The van der Waals surface area contributed by atoms with E-state index in [-0.39, 0.29) is 5.82 Å². The highest BCUT2D eigenvalue weighted by atomic mass is 16.6. The van der Waals surface area contributed by atoms with Crippen LogP contribution in [0, 0.1) is 11.3 Å². The van der Waals surface area contributed by atoms with Gasteiger partial charge in [-0.2, -0.15) is 10.4 Å². The molecule has 0 aliphatic heterocycles. The molecule has 1 aromatic heterocycles. The SMILES string of the molecule is CC(C)(C)OC(=O)NCc1ccc(-c2n[nH]c(N)c2C#N)cc1. The Kier molecular flexibility index (Phi) is 4.55. The molecule has 0 radical (unpaired) electrons. The molecule has 1 heterocycles. The van der Waals surface area contributed by atoms with Gasteiger partial charge in [-0.3, -0.25) is 5.10 Å². The van der Waals surface area contributed by atoms with Gasteiger partial charge in [-0.05, 0) is 26.3 Å². The number of rotatable bonds is 3. The summed E-state index contributed by atoms with van der Waals surface area (Å²) in [6.07, 6.45) is -0.464. The molecule has 0 fully saturated rings. The fraction of sp³-hybridized carbons (Fsp3) is 0.312. The zero-order valence-electron chi connectivity index (χ0n) is 13.3. The van der Waals surface area contributed by atoms with E-state index in [1.165, 1.54) is 0 Å². The van der Waals surface area contributed by atoms with Crippen molar-refractivity contribution in [2.75, 3.05) is 5.73 Å². The van der Waals surface area contributed by atoms with Gasteiger partial charge in [-0.25, -0.2) is 4.79 Å². The number of aromatic nitrogens is 2. The van der Waals surface area contributed by atoms with Crippen LogP contribution in [0.5, 0.6) is 0 Å². The second-order valence-electron chi connectivity index (χ2n) is 6.03. The molecule has 0 spiro atoms. The normalized spacial score (nSPS) is 10.9. The molecule has 0 aliphatic carbocycles. The molecule has 7 nitrogen and oxygen atoms in total. The Bertz CT molecular complexity index is 735. The number of hydrogen-bond donors (Lipinski definition) is 3. The van der Waals surface area contributed by atoms with E-state index in [0.29, 0.717) is 17.8 Å². The predicted octanol–water partition coefficient (Wildman–Crippen LogP) is 2.56. The monoisotopic (exact) mass is 313 g/mol. The molecule has 7 heteroatoms. The molecule has 0 unspecified atom stereocenters. The lowest BCUT2D eigenvalue weighted by Gasteiger charge is -2.19. The number of benzene rings is 1. The Morgan fingerprint density at radius 2 is 2.04 bits per heavy atom. The van der Waals surface area contributed by atoms with Gasteiger partial charge in [0, 0.05) is 12.1 Å². The van der Waals surface area contributed by atoms with Gasteiger partial charge in [0.15, 0.2) is 0 Å². The Balaban J connectivity index is 2.03. The molecule has 1 amide bonds. The minimum atomic E-state index is -0.526. The zero-order chi connectivity index (χ0) is 17.0. The smallest absolute Gasteiger partial charge is 0.407 e. The predicted molar refractivity (Wildman–Crippen MR) is 86.2 cm³/mol. The quantitative estimate of drug-likeness (QED) is 0.805. The maximum absolute atomic E-state index is 11.6. The number of amides is 1. The van der Waals surface area contributed by atoms with Gasteiger partial charge in [0.25, 0.3) is 0 Å². The van der Waals surface area contributed by atoms with E-state index in [9.17, 15) is 4.79 Å². The van der Waals surface area contributed by atoms with Crippen LogP contribution < -0.4 is 11.1 Å². The van der Waals surface area contributed by atoms with E-state index in [0.717, 1.165) is 11.1 Å². The highest BCUT2D eigenvalue weighted by Gasteiger charge is 2.16. The second-order valence-corrected chi connectivity index (χ2v) is 6.03. The maximum atomic E-state index is 11.6. The molecule has 0 saturated heterocycles. The number of nitrogens with zero attached hydrogens (tertiary/aromatic N) is 2. The number of ether oxygens (including phenoxy) is 1. The number of carbonyl (C=O) groups excluding carboxylic acids is 1. The molecule has 4 N–H and O–H groups in total. The molecule has 0 bridgehead atoms. The van der Waals surface area contributed by atoms with Crippen molar-refractivity contribution in [3.63, 3.8) is 0 Å². The van der Waals surface area contributed by atoms with Crippen LogP contribution in [0.2, 0.25) is 0 Å². The van der Waals surface area contributed by atoms with E-state index in [1.807, 2.05) is 51.1 Å². The number of hydrogen-bond acceptors (Lipinski definition) is 5. The van der Waals surface area contributed by atoms with Crippen LogP contribution in [0.25, 0.3) is 11.3 Å². The van der Waals surface area contributed by atoms with Crippen LogP contribution in [0.15, 0.2) is 24.3 Å². The topological polar surface area (TPSA) is 117 Å². The van der Waals surface area contributed by atoms with E-state index in [1.54, 1.807) is 0 Å². The summed E-state index contributed by atoms with van der Waals surface area (Å²) in [4.78, 5) is 11.6. The van der Waals surface area contributed by atoms with Crippen LogP contribution in [0.4, 0.5) is 10.6 Å². The first-order chi connectivity index (χ1) is 10.8. The molecule has 120 valence electrons. The van der Waals surface area contributed by atoms with Crippen molar-refractivity contribution in [2.24, 2.45) is 0 Å². The lowest BCUT2D eigenvalue weighted by atomic mass is 10.1. The standard InChI is InChI=1S/C16H19N5O2/c1-16(2,3)23-15(22)19-9-10-4-6-11(7-5-10)13-12(8-17)14(18)21-20-13/h4-7H,9H2,1-3H3,(H,19,22)(H3,18,20,21). The summed E-state index contributed by atoms with van der Waals surface area (Å²) in [5.41, 5.74) is 7.63. The van der Waals surface area contributed by atoms with Gasteiger partial charge in [-0.15, -0.1) is 0 Å². The largest absolute Gasteiger partial charge is 0.444 e. The van der Waals surface area contributed by atoms with Crippen molar-refractivity contribution in [1.82, 2.24) is 15.5 Å². The lowest BCUT2D eigenvalue weighted by Crippen LogP contribution is -2.32. The molecular weight excluding hydrogens is 294 g/mol. The summed E-state index contributed by atoms with van der Waals surface area (Å²) < 4.78 is 5.17. The molecular formula is C16H19N5O2. The number of nitrogen functional groups attached to an aromatic ring is 1. The van der Waals surface area contributed by atoms with Crippen LogP contribution >= 0.6 is 0 Å². The van der Waals surface area contributed by atoms with Crippen LogP contribution in [-0.4, -0.2) is 21.9 Å². The zero-order valence-corrected chi connectivity index (χ0v) is 13.3. The van der Waals surface area contributed by atoms with E-state index in [4.69, 9.17) is 15.7 Å². The van der Waals surface area contributed by atoms with E-state index in [2.05, 4.69) is 15.5 Å². The average Bonchev–Trinajstić information content (AvgIpc) is 2.85. The van der Waals surface area contributed by atoms with Crippen molar-refractivity contribution in [2.45, 2.75) is 32.9 Å². The van der Waals surface area contributed by atoms with Crippen molar-refractivity contribution in [1.29, 1.82) is 5.26 Å². The fourth-order valence-electron chi connectivity index (χ4n) is 1.95. The first-order valence-corrected chi connectivity index (χ1v) is 7.10. The molecule has 2 aromatic rings. The van der Waals surface area contributed by atoms with Crippen molar-refractivity contribution < 1.29 is 9.53 Å². The number of alkyl carbamates (subject to hydrolysis) is 1. The van der Waals surface area contributed by atoms with Crippen molar-refractivity contribution in [3.05, 3.63) is 35.4 Å². The fourth-order valence-corrected chi connectivity index (χ4v) is 1.95. The third-order valence-electron chi connectivity index (χ3n) is 2.97. The highest BCUT2D eigenvalue weighted by molar-refractivity contribution is 5.72. The number of aromatic amines is 1. The van der Waals surface area contributed by atoms with Gasteiger partial charge in [0.2, 0.25) is 0 Å². The van der Waals surface area contributed by atoms with Gasteiger partial charge < -0.3 is 15.8 Å². The number of carbonyl (C=O) groups is 1. The summed E-state index contributed by atoms with van der Waals surface area (Å²) in [6.45, 7) is 5.78. The van der Waals surface area contributed by atoms with E-state index < -0.39 is 11.7 Å². The molecule has 0 atom stereocenters. The van der Waals surface area contributed by atoms with Gasteiger partial charge in [-0.1, -0.05) is 24.3 Å². The molecule has 0 saturated carbocycles. The summed E-state index contributed by atoms with van der Waals surface area (Å²) in [5, 5.41) is 18.4. The lowest BCUT2D eigenvalue weighted by molar-refractivity contribution is 0.0523. The summed E-state index contributed by atoms with van der Waals surface area (Å²) in [5.74, 6) is 0.248. The number of nitrogens with two attached hydrogens (primary N) is 1. The Morgan fingerprint density at radius 3 is 2.61 bits per heavy atom. The Labute approximate surface area is 134 Å². The van der Waals surface area contributed by atoms with Gasteiger partial charge in [0.05, 0.1) is 0 Å². The van der Waals surface area contributed by atoms with E-state index >= 15 is 0 Å². The Hall–Kier alpha value is -3.01. The summed E-state index contributed by atoms with van der Waals surface area (Å²) in [7, 11) is 0. The third kappa shape index (κ3) is 4.23. The molecule has 1 aromatic carbocycles. The van der Waals surface area contributed by atoms with Crippen molar-refractivity contribution >= 4 is 11.9 Å². The first kappa shape index (κ1) is 16.4. The van der Waals surface area contributed by atoms with Crippen LogP contribution in [0.1, 0.15) is 31.9 Å². The first-order valence-electron chi connectivity index (χ1n) is 7.10. The molecule has 23 heavy (non-hydrogen) atoms. The number of nitrogens with one attached hydrogen (secondary N) is 2. The number of H-pyrrole nitrogens is 1. The summed E-state index contributed by atoms with van der Waals surface area (Å²) in [6, 6.07) is 9.36.